The fourth-order valence-electron chi connectivity index (χ4n) is 2.06. The Labute approximate surface area is 128 Å². The average Bonchev–Trinajstić information content (AvgIpc) is 3.07. The van der Waals surface area contributed by atoms with Gasteiger partial charge in [0.15, 0.2) is 0 Å². The molecule has 1 heterocycles. The minimum absolute atomic E-state index is 0.117. The van der Waals surface area contributed by atoms with Crippen molar-refractivity contribution in [2.45, 2.75) is 58.4 Å². The summed E-state index contributed by atoms with van der Waals surface area (Å²) in [5.74, 6) is -0.846. The van der Waals surface area contributed by atoms with Crippen LogP contribution in [-0.4, -0.2) is 28.0 Å². The first-order chi connectivity index (χ1) is 9.68. The third-order valence-electron chi connectivity index (χ3n) is 3.51. The smallest absolute Gasteiger partial charge is 0.326 e. The van der Waals surface area contributed by atoms with Gasteiger partial charge >= 0.3 is 5.97 Å². The molecule has 116 valence electrons. The number of aromatic nitrogens is 1. The highest BCUT2D eigenvalue weighted by Crippen LogP contribution is 2.34. The van der Waals surface area contributed by atoms with Crippen LogP contribution in [0.25, 0.3) is 0 Å². The van der Waals surface area contributed by atoms with Crippen molar-refractivity contribution in [3.63, 3.8) is 0 Å². The summed E-state index contributed by atoms with van der Waals surface area (Å²) in [6.07, 6.45) is 2.64. The van der Waals surface area contributed by atoms with Gasteiger partial charge in [-0.05, 0) is 19.3 Å². The van der Waals surface area contributed by atoms with Crippen molar-refractivity contribution in [3.05, 3.63) is 15.6 Å². The highest BCUT2D eigenvalue weighted by molar-refractivity contribution is 7.14. The number of rotatable bonds is 5. The number of aryl methyl sites for hydroxylation is 1. The van der Waals surface area contributed by atoms with Crippen LogP contribution < -0.4 is 5.32 Å². The van der Waals surface area contributed by atoms with E-state index >= 15 is 0 Å². The summed E-state index contributed by atoms with van der Waals surface area (Å²) in [6, 6.07) is -0.801. The summed E-state index contributed by atoms with van der Waals surface area (Å²) < 4.78 is 0. The molecule has 0 bridgehead atoms. The topological polar surface area (TPSA) is 79.3 Å². The molecule has 5 nitrogen and oxygen atoms in total. The normalized spacial score (nSPS) is 16.6. The van der Waals surface area contributed by atoms with Gasteiger partial charge in [-0.3, -0.25) is 4.79 Å². The Morgan fingerprint density at radius 1 is 1.43 bits per heavy atom. The fraction of sp³-hybridized carbons (Fsp3) is 0.667. The lowest BCUT2D eigenvalue weighted by molar-refractivity contribution is -0.139. The third kappa shape index (κ3) is 4.03. The lowest BCUT2D eigenvalue weighted by Gasteiger charge is -2.14. The first-order valence-corrected chi connectivity index (χ1v) is 8.01. The van der Waals surface area contributed by atoms with Crippen LogP contribution in [0.5, 0.6) is 0 Å². The standard InChI is InChI=1S/C15H22N2O3S/c1-8-11(21-14(16-8)15(2,3)4)12(18)17-10(13(19)20)7-9-5-6-9/h9-10H,5-7H2,1-4H3,(H,17,18)(H,19,20). The van der Waals surface area contributed by atoms with Crippen LogP contribution >= 0.6 is 11.3 Å². The van der Waals surface area contributed by atoms with Crippen molar-refractivity contribution in [3.8, 4) is 0 Å². The van der Waals surface area contributed by atoms with E-state index in [2.05, 4.69) is 10.3 Å². The minimum Gasteiger partial charge on any atom is -0.480 e. The third-order valence-corrected chi connectivity index (χ3v) is 5.10. The van der Waals surface area contributed by atoms with Crippen LogP contribution in [0.1, 0.15) is 60.4 Å². The molecular weight excluding hydrogens is 288 g/mol. The predicted molar refractivity (Wildman–Crippen MR) is 81.8 cm³/mol. The molecule has 1 aromatic heterocycles. The maximum absolute atomic E-state index is 12.3. The second-order valence-corrected chi connectivity index (χ2v) is 7.73. The number of nitrogens with zero attached hydrogens (tertiary/aromatic N) is 1. The zero-order valence-corrected chi connectivity index (χ0v) is 13.7. The number of hydrogen-bond donors (Lipinski definition) is 2. The maximum atomic E-state index is 12.3. The molecule has 21 heavy (non-hydrogen) atoms. The molecule has 0 saturated heterocycles. The number of carbonyl (C=O) groups excluding carboxylic acids is 1. The quantitative estimate of drug-likeness (QED) is 0.876. The van der Waals surface area contributed by atoms with Crippen LogP contribution in [0, 0.1) is 12.8 Å². The Morgan fingerprint density at radius 3 is 2.48 bits per heavy atom. The monoisotopic (exact) mass is 310 g/mol. The molecule has 2 N–H and O–H groups in total. The van der Waals surface area contributed by atoms with Crippen LogP contribution in [0.4, 0.5) is 0 Å². The van der Waals surface area contributed by atoms with Gasteiger partial charge < -0.3 is 10.4 Å². The molecule has 0 aliphatic heterocycles. The lowest BCUT2D eigenvalue weighted by atomic mass is 9.98. The number of carbonyl (C=O) groups is 2. The molecule has 1 amide bonds. The molecule has 0 spiro atoms. The van der Waals surface area contributed by atoms with Gasteiger partial charge in [0.25, 0.3) is 5.91 Å². The molecule has 1 atom stereocenters. The number of hydrogen-bond acceptors (Lipinski definition) is 4. The molecule has 0 aromatic carbocycles. The Morgan fingerprint density at radius 2 is 2.05 bits per heavy atom. The Hall–Kier alpha value is -1.43. The highest BCUT2D eigenvalue weighted by atomic mass is 32.1. The minimum atomic E-state index is -0.964. The van der Waals surface area contributed by atoms with Crippen LogP contribution in [0.3, 0.4) is 0 Å². The van der Waals surface area contributed by atoms with Crippen molar-refractivity contribution in [2.24, 2.45) is 5.92 Å². The van der Waals surface area contributed by atoms with E-state index in [9.17, 15) is 14.7 Å². The van der Waals surface area contributed by atoms with Crippen molar-refractivity contribution in [2.75, 3.05) is 0 Å². The van der Waals surface area contributed by atoms with E-state index < -0.39 is 12.0 Å². The van der Waals surface area contributed by atoms with Crippen LogP contribution in [-0.2, 0) is 10.2 Å². The van der Waals surface area contributed by atoms with Crippen molar-refractivity contribution in [1.82, 2.24) is 10.3 Å². The highest BCUT2D eigenvalue weighted by Gasteiger charge is 2.31. The maximum Gasteiger partial charge on any atom is 0.326 e. The van der Waals surface area contributed by atoms with Crippen LogP contribution in [0.15, 0.2) is 0 Å². The molecule has 2 rings (SSSR count). The van der Waals surface area contributed by atoms with E-state index in [1.807, 2.05) is 20.8 Å². The molecule has 6 heteroatoms. The van der Waals surface area contributed by atoms with Gasteiger partial charge in [-0.1, -0.05) is 33.6 Å². The second kappa shape index (κ2) is 5.75. The first-order valence-electron chi connectivity index (χ1n) is 7.20. The summed E-state index contributed by atoms with van der Waals surface area (Å²) in [5.41, 5.74) is 0.548. The van der Waals surface area contributed by atoms with Crippen molar-refractivity contribution < 1.29 is 14.7 Å². The van der Waals surface area contributed by atoms with Gasteiger partial charge in [0.05, 0.1) is 10.7 Å². The Kier molecular flexibility index (Phi) is 4.37. The first kappa shape index (κ1) is 15.9. The van der Waals surface area contributed by atoms with Gasteiger partial charge in [0.2, 0.25) is 0 Å². The summed E-state index contributed by atoms with van der Waals surface area (Å²) in [5, 5.41) is 12.8. The molecule has 1 aliphatic rings. The molecule has 1 aliphatic carbocycles. The van der Waals surface area contributed by atoms with Gasteiger partial charge in [-0.2, -0.15) is 0 Å². The zero-order chi connectivity index (χ0) is 15.8. The number of thiazole rings is 1. The molecule has 1 saturated carbocycles. The zero-order valence-electron chi connectivity index (χ0n) is 12.9. The Bertz CT molecular complexity index is 556. The van der Waals surface area contributed by atoms with E-state index in [0.29, 0.717) is 22.9 Å². The fourth-order valence-corrected chi connectivity index (χ4v) is 3.09. The van der Waals surface area contributed by atoms with Gasteiger partial charge in [0, 0.05) is 5.41 Å². The number of carboxylic acid groups (broad SMARTS) is 1. The number of amides is 1. The molecular formula is C15H22N2O3S. The Balaban J connectivity index is 2.11. The molecule has 1 aromatic rings. The SMILES string of the molecule is Cc1nc(C(C)(C)C)sc1C(=O)NC(CC1CC1)C(=O)O. The van der Waals surface area contributed by atoms with E-state index in [0.717, 1.165) is 17.8 Å². The van der Waals surface area contributed by atoms with Crippen LogP contribution in [0.2, 0.25) is 0 Å². The van der Waals surface area contributed by atoms with Crippen molar-refractivity contribution in [1.29, 1.82) is 0 Å². The second-order valence-electron chi connectivity index (χ2n) is 6.73. The van der Waals surface area contributed by atoms with Gasteiger partial charge in [-0.25, -0.2) is 9.78 Å². The van der Waals surface area contributed by atoms with E-state index in [1.165, 1.54) is 11.3 Å². The number of aliphatic carboxylic acids is 1. The predicted octanol–water partition coefficient (Wildman–Crippen LogP) is 2.73. The molecule has 0 radical (unpaired) electrons. The van der Waals surface area contributed by atoms with E-state index in [1.54, 1.807) is 6.92 Å². The average molecular weight is 310 g/mol. The summed E-state index contributed by atoms with van der Waals surface area (Å²) >= 11 is 1.35. The number of nitrogens with one attached hydrogen (secondary N) is 1. The summed E-state index contributed by atoms with van der Waals surface area (Å²) in [6.45, 7) is 7.91. The van der Waals surface area contributed by atoms with E-state index in [4.69, 9.17) is 0 Å². The van der Waals surface area contributed by atoms with E-state index in [-0.39, 0.29) is 11.3 Å². The largest absolute Gasteiger partial charge is 0.480 e. The summed E-state index contributed by atoms with van der Waals surface area (Å²) in [4.78, 5) is 28.5. The number of carboxylic acids is 1. The summed E-state index contributed by atoms with van der Waals surface area (Å²) in [7, 11) is 0. The molecule has 1 unspecified atom stereocenters. The lowest BCUT2D eigenvalue weighted by Crippen LogP contribution is -2.41. The van der Waals surface area contributed by atoms with Gasteiger partial charge in [0.1, 0.15) is 10.9 Å². The van der Waals surface area contributed by atoms with Gasteiger partial charge in [-0.15, -0.1) is 11.3 Å². The van der Waals surface area contributed by atoms with Crippen molar-refractivity contribution >= 4 is 23.2 Å². The molecule has 1 fully saturated rings.